The van der Waals surface area contributed by atoms with Gasteiger partial charge in [-0.3, -0.25) is 37.6 Å². The van der Waals surface area contributed by atoms with Crippen molar-refractivity contribution in [2.75, 3.05) is 42.3 Å². The molecule has 4 amide bonds. The minimum absolute atomic E-state index is 0.149. The van der Waals surface area contributed by atoms with Crippen LogP contribution in [0.15, 0.2) is 116 Å². The van der Waals surface area contributed by atoms with Crippen molar-refractivity contribution in [2.45, 2.75) is 39.5 Å². The molecular weight excluding hydrogens is 945 g/mol. The third kappa shape index (κ3) is 12.5. The molecule has 6 aromatic heterocycles. The molecule has 2 aromatic carbocycles. The Kier molecular flexibility index (Phi) is 17.1. The molecule has 21 heteroatoms. The first-order chi connectivity index (χ1) is 35.9. The van der Waals surface area contributed by atoms with Crippen molar-refractivity contribution >= 4 is 69.5 Å². The molecule has 0 aliphatic carbocycles. The Bertz CT molecular complexity index is 3520. The Labute approximate surface area is 423 Å². The quantitative estimate of drug-likeness (QED) is 0.0375. The van der Waals surface area contributed by atoms with Crippen molar-refractivity contribution in [1.29, 1.82) is 0 Å². The van der Waals surface area contributed by atoms with E-state index in [1.165, 1.54) is 19.5 Å². The number of nitrogens with zero attached hydrogens (tertiary/aromatic N) is 8. The number of carbonyl (C=O) groups excluding carboxylic acids is 6. The van der Waals surface area contributed by atoms with Crippen LogP contribution in [0.4, 0.5) is 23.3 Å². The molecule has 8 aromatic rings. The first kappa shape index (κ1) is 51.6. The van der Waals surface area contributed by atoms with Gasteiger partial charge in [-0.2, -0.15) is 0 Å². The lowest BCUT2D eigenvalue weighted by atomic mass is 10.1. The fraction of sp³-hybridized carbons (Fsp3) is 0.170. The highest BCUT2D eigenvalue weighted by molar-refractivity contribution is 6.07. The van der Waals surface area contributed by atoms with Crippen molar-refractivity contribution in [3.63, 3.8) is 0 Å². The van der Waals surface area contributed by atoms with Crippen LogP contribution in [0, 0.1) is 23.7 Å². The lowest BCUT2D eigenvalue weighted by Gasteiger charge is -2.10. The van der Waals surface area contributed by atoms with Crippen molar-refractivity contribution in [1.82, 2.24) is 49.3 Å². The summed E-state index contributed by atoms with van der Waals surface area (Å²) in [5, 5.41) is 10.7. The number of methoxy groups -OCH3 is 1. The maximum atomic E-state index is 13.1. The fourth-order valence-corrected chi connectivity index (χ4v) is 7.42. The third-order valence-electron chi connectivity index (χ3n) is 10.8. The molecule has 0 radical (unpaired) electrons. The number of fused-ring (bicyclic) bond motifs is 2. The smallest absolute Gasteiger partial charge is 0.295 e. The second kappa shape index (κ2) is 24.5. The first-order valence-electron chi connectivity index (χ1n) is 22.9. The number of carbonyl (C=O) groups is 6. The van der Waals surface area contributed by atoms with E-state index in [1.54, 1.807) is 126 Å². The van der Waals surface area contributed by atoms with E-state index < -0.39 is 11.8 Å². The van der Waals surface area contributed by atoms with Gasteiger partial charge in [0, 0.05) is 79.8 Å². The average Bonchev–Trinajstić information content (AvgIpc) is 4.01. The molecule has 0 fully saturated rings. The van der Waals surface area contributed by atoms with Gasteiger partial charge < -0.3 is 37.5 Å². The Balaban J connectivity index is 0.000000217. The van der Waals surface area contributed by atoms with E-state index in [2.05, 4.69) is 74.9 Å². The minimum Gasteiger partial charge on any atom is -0.496 e. The number of hydrogen-bond acceptors (Lipinski definition) is 15. The molecule has 0 saturated heterocycles. The molecule has 0 aliphatic heterocycles. The first-order valence-corrected chi connectivity index (χ1v) is 22.9. The van der Waals surface area contributed by atoms with Crippen LogP contribution in [0.5, 0.6) is 5.75 Å². The summed E-state index contributed by atoms with van der Waals surface area (Å²) < 4.78 is 8.70. The predicted molar refractivity (Wildman–Crippen MR) is 277 cm³/mol. The number of amides is 4. The molecule has 21 nitrogen and oxygen atoms in total. The fourth-order valence-electron chi connectivity index (χ4n) is 7.42. The predicted octanol–water partition coefficient (Wildman–Crippen LogP) is 5.47. The zero-order valence-corrected chi connectivity index (χ0v) is 40.3. The van der Waals surface area contributed by atoms with E-state index in [0.29, 0.717) is 88.0 Å². The number of ketones is 2. The van der Waals surface area contributed by atoms with Gasteiger partial charge in [-0.25, -0.2) is 29.9 Å². The van der Waals surface area contributed by atoms with Crippen LogP contribution in [-0.4, -0.2) is 94.1 Å². The van der Waals surface area contributed by atoms with E-state index in [9.17, 15) is 28.8 Å². The van der Waals surface area contributed by atoms with E-state index in [1.807, 2.05) is 0 Å². The van der Waals surface area contributed by atoms with Gasteiger partial charge in [0.1, 0.15) is 51.4 Å². The Morgan fingerprint density at radius 1 is 0.595 bits per heavy atom. The lowest BCUT2D eigenvalue weighted by Crippen LogP contribution is -2.23. The summed E-state index contributed by atoms with van der Waals surface area (Å²) in [5.74, 6) is 9.89. The molecule has 0 aliphatic rings. The average molecular weight is 993 g/mol. The molecule has 0 saturated carbocycles. The number of aromatic nitrogens is 8. The Morgan fingerprint density at radius 3 is 1.55 bits per heavy atom. The number of pyridine rings is 2. The highest BCUT2D eigenvalue weighted by atomic mass is 16.5. The minimum atomic E-state index is -0.393. The van der Waals surface area contributed by atoms with Gasteiger partial charge in [-0.05, 0) is 87.1 Å². The molecule has 6 heterocycles. The van der Waals surface area contributed by atoms with Crippen LogP contribution in [0.25, 0.3) is 33.5 Å². The number of ether oxygens (including phenoxy) is 1. The number of nitrogens with two attached hydrogens (primary N) is 2. The third-order valence-corrected chi connectivity index (χ3v) is 10.8. The van der Waals surface area contributed by atoms with Crippen molar-refractivity contribution < 1.29 is 33.5 Å². The number of hydrogen-bond donors (Lipinski definition) is 6. The monoisotopic (exact) mass is 992 g/mol. The van der Waals surface area contributed by atoms with Crippen LogP contribution < -0.4 is 37.5 Å². The van der Waals surface area contributed by atoms with Gasteiger partial charge in [-0.1, -0.05) is 42.2 Å². The van der Waals surface area contributed by atoms with Crippen molar-refractivity contribution in [2.24, 2.45) is 0 Å². The number of imidazole rings is 2. The largest absolute Gasteiger partial charge is 0.496 e. The summed E-state index contributed by atoms with van der Waals surface area (Å²) in [4.78, 5) is 100. The number of nitrogens with one attached hydrogen (secondary N) is 4. The Morgan fingerprint density at radius 2 is 1.08 bits per heavy atom. The van der Waals surface area contributed by atoms with Gasteiger partial charge in [-0.15, -0.1) is 0 Å². The maximum absolute atomic E-state index is 13.1. The van der Waals surface area contributed by atoms with E-state index in [0.717, 1.165) is 0 Å². The summed E-state index contributed by atoms with van der Waals surface area (Å²) in [6.07, 6.45) is 10.6. The van der Waals surface area contributed by atoms with Crippen molar-refractivity contribution in [3.8, 4) is 51.9 Å². The highest BCUT2D eigenvalue weighted by Crippen LogP contribution is 2.33. The standard InChI is InChI=1S/C27H25N7O4.C26H23N7O3/c1-3-7-22(36)30-13-6-8-19(35)26-33-23(24-25(28)31-14-15-34(24)26)17-10-11-18(20(16-17)38-2)27(37)32-21-9-4-5-12-29-21;1-2-6-21(35)29-14-5-7-19(34)25-32-22(23-24(27)30-15-16-33(23)25)17-9-11-18(12-10-17)26(36)31-20-8-3-4-13-28-20/h4-5,9-12,14-16H,6,8,13H2,1-2H3,(H2,28,31)(H,30,36)(H,29,32,37);3-4,8-13,15-16H,5,7,14H2,1H3,(H2,27,30)(H,29,35)(H,28,31,36). The van der Waals surface area contributed by atoms with Gasteiger partial charge in [0.25, 0.3) is 23.6 Å². The molecule has 0 spiro atoms. The number of benzene rings is 2. The maximum Gasteiger partial charge on any atom is 0.295 e. The lowest BCUT2D eigenvalue weighted by molar-refractivity contribution is -0.116. The van der Waals surface area contributed by atoms with Crippen molar-refractivity contribution in [3.05, 3.63) is 139 Å². The zero-order valence-electron chi connectivity index (χ0n) is 40.3. The number of anilines is 4. The summed E-state index contributed by atoms with van der Waals surface area (Å²) in [6.45, 7) is 3.78. The second-order valence-corrected chi connectivity index (χ2v) is 15.8. The van der Waals surface area contributed by atoms with Crippen LogP contribution in [0.3, 0.4) is 0 Å². The Hall–Kier alpha value is -10.3. The van der Waals surface area contributed by atoms with Gasteiger partial charge in [0.2, 0.25) is 0 Å². The molecule has 372 valence electrons. The number of rotatable bonds is 17. The molecule has 8 rings (SSSR count). The van der Waals surface area contributed by atoms with Crippen LogP contribution in [0.1, 0.15) is 81.5 Å². The van der Waals surface area contributed by atoms with E-state index in [-0.39, 0.29) is 59.5 Å². The second-order valence-electron chi connectivity index (χ2n) is 15.8. The highest BCUT2D eigenvalue weighted by Gasteiger charge is 2.24. The van der Waals surface area contributed by atoms with E-state index in [4.69, 9.17) is 16.2 Å². The summed E-state index contributed by atoms with van der Waals surface area (Å²) in [5.41, 5.74) is 16.2. The molecule has 74 heavy (non-hydrogen) atoms. The van der Waals surface area contributed by atoms with Crippen LogP contribution in [-0.2, 0) is 9.59 Å². The van der Waals surface area contributed by atoms with Gasteiger partial charge in [0.15, 0.2) is 23.2 Å². The molecule has 8 N–H and O–H groups in total. The number of Topliss-reactive ketones (excluding diaryl/α,β-unsaturated/α-hetero) is 2. The number of nitrogen functional groups attached to an aromatic ring is 2. The molecule has 0 atom stereocenters. The molecule has 0 unspecified atom stereocenters. The van der Waals surface area contributed by atoms with Crippen LogP contribution in [0.2, 0.25) is 0 Å². The van der Waals surface area contributed by atoms with Gasteiger partial charge in [0.05, 0.1) is 12.7 Å². The molecule has 0 bridgehead atoms. The SMILES string of the molecule is CC#CC(=O)NCCCC(=O)c1nc(-c2ccc(C(=O)Nc3ccccn3)c(OC)c2)c2c(N)nccn12.CC#CC(=O)NCCCC(=O)c1nc(-c2ccc(C(=O)Nc3ccccn3)cc2)c2c(N)nccn12. The van der Waals surface area contributed by atoms with E-state index >= 15 is 0 Å². The topological polar surface area (TPSA) is 298 Å². The van der Waals surface area contributed by atoms with Crippen LogP contribution >= 0.6 is 0 Å². The zero-order chi connectivity index (χ0) is 52.6. The summed E-state index contributed by atoms with van der Waals surface area (Å²) >= 11 is 0. The normalized spacial score (nSPS) is 10.4. The summed E-state index contributed by atoms with van der Waals surface area (Å²) in [6, 6.07) is 22.2. The van der Waals surface area contributed by atoms with Gasteiger partial charge >= 0.3 is 0 Å². The summed E-state index contributed by atoms with van der Waals surface area (Å²) in [7, 11) is 1.46. The molecular formula is C53H48N14O7.